The van der Waals surface area contributed by atoms with E-state index in [-0.39, 0.29) is 4.88 Å². The van der Waals surface area contributed by atoms with E-state index in [0.29, 0.717) is 12.4 Å². The third-order valence-electron chi connectivity index (χ3n) is 4.82. The second-order valence-electron chi connectivity index (χ2n) is 6.82. The number of benzene rings is 2. The number of hydrogen-bond donors (Lipinski definition) is 1. The highest BCUT2D eigenvalue weighted by molar-refractivity contribution is 7.17. The highest BCUT2D eigenvalue weighted by atomic mass is 32.1. The summed E-state index contributed by atoms with van der Waals surface area (Å²) in [5.41, 5.74) is 5.90. The van der Waals surface area contributed by atoms with Crippen LogP contribution in [0.5, 0.6) is 5.75 Å². The maximum atomic E-state index is 11.9. The molecule has 6 heteroatoms. The molecule has 0 saturated heterocycles. The van der Waals surface area contributed by atoms with E-state index in [4.69, 9.17) is 4.74 Å². The third-order valence-corrected chi connectivity index (χ3v) is 6.08. The summed E-state index contributed by atoms with van der Waals surface area (Å²) in [6, 6.07) is 14.0. The van der Waals surface area contributed by atoms with Gasteiger partial charge in [-0.1, -0.05) is 30.3 Å². The van der Waals surface area contributed by atoms with Crippen molar-refractivity contribution in [2.75, 3.05) is 0 Å². The van der Waals surface area contributed by atoms with Gasteiger partial charge < -0.3 is 9.84 Å². The summed E-state index contributed by atoms with van der Waals surface area (Å²) >= 11 is 1.21. The maximum absolute atomic E-state index is 11.9. The van der Waals surface area contributed by atoms with Crippen LogP contribution in [0.2, 0.25) is 0 Å². The lowest BCUT2D eigenvalue weighted by Crippen LogP contribution is -2.02. The van der Waals surface area contributed by atoms with Crippen LogP contribution in [-0.2, 0) is 6.61 Å². The van der Waals surface area contributed by atoms with Crippen LogP contribution < -0.4 is 4.74 Å². The van der Waals surface area contributed by atoms with E-state index in [0.717, 1.165) is 38.3 Å². The first-order chi connectivity index (χ1) is 13.5. The Balaban J connectivity index is 1.77. The fourth-order valence-electron chi connectivity index (χ4n) is 3.23. The van der Waals surface area contributed by atoms with Crippen LogP contribution in [0.3, 0.4) is 0 Å². The lowest BCUT2D eigenvalue weighted by Gasteiger charge is -2.10. The maximum Gasteiger partial charge on any atom is 0.349 e. The predicted octanol–water partition coefficient (Wildman–Crippen LogP) is 5.29. The van der Waals surface area contributed by atoms with Crippen molar-refractivity contribution in [3.05, 3.63) is 75.9 Å². The Kier molecular flexibility index (Phi) is 4.65. The molecule has 0 aliphatic heterocycles. The van der Waals surface area contributed by atoms with E-state index in [1.165, 1.54) is 11.3 Å². The molecule has 28 heavy (non-hydrogen) atoms. The molecule has 1 N–H and O–H groups in total. The Morgan fingerprint density at radius 3 is 2.71 bits per heavy atom. The molecule has 0 amide bonds. The summed E-state index contributed by atoms with van der Waals surface area (Å²) in [5, 5.41) is 10.5. The van der Waals surface area contributed by atoms with Gasteiger partial charge in [0, 0.05) is 5.56 Å². The molecule has 0 aliphatic rings. The molecule has 0 spiro atoms. The Morgan fingerprint density at radius 2 is 1.96 bits per heavy atom. The summed E-state index contributed by atoms with van der Waals surface area (Å²) < 4.78 is 7.95. The number of carboxylic acids is 1. The molecule has 5 nitrogen and oxygen atoms in total. The summed E-state index contributed by atoms with van der Waals surface area (Å²) in [4.78, 5) is 16.5. The van der Waals surface area contributed by atoms with E-state index < -0.39 is 5.97 Å². The average Bonchev–Trinajstić information content (AvgIpc) is 3.21. The molecule has 4 aromatic rings. The lowest BCUT2D eigenvalue weighted by molar-refractivity contribution is 0.0697. The van der Waals surface area contributed by atoms with E-state index in [2.05, 4.69) is 11.1 Å². The number of thiophene rings is 1. The van der Waals surface area contributed by atoms with Crippen molar-refractivity contribution in [3.63, 3.8) is 0 Å². The molecule has 0 saturated carbocycles. The molecular formula is C22H20N2O3S. The van der Waals surface area contributed by atoms with Crippen molar-refractivity contribution in [2.45, 2.75) is 27.4 Å². The molecular weight excluding hydrogens is 372 g/mol. The first kappa shape index (κ1) is 18.3. The largest absolute Gasteiger partial charge is 0.487 e. The number of imidazole rings is 1. The summed E-state index contributed by atoms with van der Waals surface area (Å²) in [5.74, 6) is -0.565. The van der Waals surface area contributed by atoms with Gasteiger partial charge >= 0.3 is 5.97 Å². The SMILES string of the molecule is Cc1ccc2ncn(-c3sc(C(=O)O)c(OCc4ccccc4C)c3C)c2c1. The Hall–Kier alpha value is -3.12. The molecule has 0 unspecified atom stereocenters. The van der Waals surface area contributed by atoms with Crippen LogP contribution in [0.1, 0.15) is 31.9 Å². The van der Waals surface area contributed by atoms with Gasteiger partial charge in [-0.3, -0.25) is 4.57 Å². The number of carboxylic acid groups (broad SMARTS) is 1. The lowest BCUT2D eigenvalue weighted by atomic mass is 10.1. The number of nitrogens with zero attached hydrogens (tertiary/aromatic N) is 2. The minimum atomic E-state index is -0.986. The van der Waals surface area contributed by atoms with Crippen molar-refractivity contribution in [1.82, 2.24) is 9.55 Å². The first-order valence-electron chi connectivity index (χ1n) is 8.93. The number of carbonyl (C=O) groups is 1. The second-order valence-corrected chi connectivity index (χ2v) is 7.82. The molecule has 2 heterocycles. The fraction of sp³-hybridized carbons (Fsp3) is 0.182. The summed E-state index contributed by atoms with van der Waals surface area (Å²) in [6.07, 6.45) is 1.74. The number of ether oxygens (including phenoxy) is 1. The first-order valence-corrected chi connectivity index (χ1v) is 9.75. The standard InChI is InChI=1S/C22H20N2O3S/c1-13-8-9-17-18(10-13)24(12-23-17)21-15(3)19(20(28-21)22(25)26)27-11-16-7-5-4-6-14(16)2/h4-10,12H,11H2,1-3H3,(H,25,26). The average molecular weight is 392 g/mol. The van der Waals surface area contributed by atoms with Crippen molar-refractivity contribution < 1.29 is 14.6 Å². The molecule has 0 fully saturated rings. The molecule has 0 radical (unpaired) electrons. The molecule has 2 aromatic carbocycles. The van der Waals surface area contributed by atoms with Gasteiger partial charge in [-0.25, -0.2) is 9.78 Å². The van der Waals surface area contributed by atoms with Crippen LogP contribution >= 0.6 is 11.3 Å². The second kappa shape index (κ2) is 7.13. The van der Waals surface area contributed by atoms with Crippen LogP contribution in [0.4, 0.5) is 0 Å². The number of aromatic carboxylic acids is 1. The monoisotopic (exact) mass is 392 g/mol. The zero-order chi connectivity index (χ0) is 19.8. The molecule has 0 atom stereocenters. The Bertz CT molecular complexity index is 1190. The highest BCUT2D eigenvalue weighted by Gasteiger charge is 2.23. The normalized spacial score (nSPS) is 11.1. The van der Waals surface area contributed by atoms with Crippen molar-refractivity contribution >= 4 is 28.3 Å². The molecule has 2 aromatic heterocycles. The van der Waals surface area contributed by atoms with Gasteiger partial charge in [0.15, 0.2) is 4.88 Å². The number of fused-ring (bicyclic) bond motifs is 1. The van der Waals surface area contributed by atoms with E-state index in [1.54, 1.807) is 6.33 Å². The number of aryl methyl sites for hydroxylation is 2. The topological polar surface area (TPSA) is 64.4 Å². The number of aromatic nitrogens is 2. The number of rotatable bonds is 5. The molecule has 0 bridgehead atoms. The van der Waals surface area contributed by atoms with Gasteiger partial charge in [-0.05, 0) is 49.6 Å². The van der Waals surface area contributed by atoms with E-state index >= 15 is 0 Å². The van der Waals surface area contributed by atoms with Gasteiger partial charge in [0.25, 0.3) is 0 Å². The molecule has 0 aliphatic carbocycles. The van der Waals surface area contributed by atoms with Crippen molar-refractivity contribution in [2.24, 2.45) is 0 Å². The quantitative estimate of drug-likeness (QED) is 0.501. The highest BCUT2D eigenvalue weighted by Crippen LogP contribution is 2.39. The predicted molar refractivity (Wildman–Crippen MR) is 111 cm³/mol. The zero-order valence-corrected chi connectivity index (χ0v) is 16.7. The minimum Gasteiger partial charge on any atom is -0.487 e. The van der Waals surface area contributed by atoms with E-state index in [1.807, 2.05) is 61.7 Å². The van der Waals surface area contributed by atoms with Gasteiger partial charge in [-0.15, -0.1) is 11.3 Å². The van der Waals surface area contributed by atoms with Crippen LogP contribution in [-0.4, -0.2) is 20.6 Å². The van der Waals surface area contributed by atoms with E-state index in [9.17, 15) is 9.90 Å². The Labute approximate surface area is 166 Å². The van der Waals surface area contributed by atoms with Crippen molar-refractivity contribution in [3.8, 4) is 10.8 Å². The third kappa shape index (κ3) is 3.16. The molecule has 4 rings (SSSR count). The van der Waals surface area contributed by atoms with Gasteiger partial charge in [0.1, 0.15) is 23.7 Å². The van der Waals surface area contributed by atoms with Crippen LogP contribution in [0.25, 0.3) is 16.0 Å². The minimum absolute atomic E-state index is 0.204. The van der Waals surface area contributed by atoms with Crippen molar-refractivity contribution in [1.29, 1.82) is 0 Å². The van der Waals surface area contributed by atoms with Gasteiger partial charge in [0.05, 0.1) is 11.0 Å². The van der Waals surface area contributed by atoms with Crippen LogP contribution in [0.15, 0.2) is 48.8 Å². The summed E-state index contributed by atoms with van der Waals surface area (Å²) in [7, 11) is 0. The van der Waals surface area contributed by atoms with Gasteiger partial charge in [0.2, 0.25) is 0 Å². The van der Waals surface area contributed by atoms with Crippen LogP contribution in [0, 0.1) is 20.8 Å². The molecule has 142 valence electrons. The zero-order valence-electron chi connectivity index (χ0n) is 15.9. The summed E-state index contributed by atoms with van der Waals surface area (Å²) in [6.45, 7) is 6.26. The van der Waals surface area contributed by atoms with Gasteiger partial charge in [-0.2, -0.15) is 0 Å². The smallest absolute Gasteiger partial charge is 0.349 e. The number of hydrogen-bond acceptors (Lipinski definition) is 4. The Morgan fingerprint density at radius 1 is 1.18 bits per heavy atom. The fourth-order valence-corrected chi connectivity index (χ4v) is 4.31.